The minimum absolute atomic E-state index is 0.700. The molecular formula is C20H31N3. The molecule has 2 saturated heterocycles. The SMILES string of the molecule is c1cc2c(nc1C1CCN(CC3CCNCC3)CC1)CCCC2. The Kier molecular flexibility index (Phi) is 4.96. The van der Waals surface area contributed by atoms with Gasteiger partial charge in [-0.3, -0.25) is 4.98 Å². The van der Waals surface area contributed by atoms with Gasteiger partial charge in [0.1, 0.15) is 0 Å². The fourth-order valence-corrected chi connectivity index (χ4v) is 4.67. The van der Waals surface area contributed by atoms with Crippen molar-refractivity contribution < 1.29 is 0 Å². The van der Waals surface area contributed by atoms with Crippen molar-refractivity contribution >= 4 is 0 Å². The Morgan fingerprint density at radius 1 is 1.00 bits per heavy atom. The lowest BCUT2D eigenvalue weighted by atomic mass is 9.89. The molecule has 1 aromatic rings. The summed E-state index contributed by atoms with van der Waals surface area (Å²) in [7, 11) is 0. The van der Waals surface area contributed by atoms with Gasteiger partial charge in [-0.05, 0) is 95.1 Å². The van der Waals surface area contributed by atoms with E-state index < -0.39 is 0 Å². The second-order valence-electron chi connectivity index (χ2n) is 7.82. The average molecular weight is 313 g/mol. The van der Waals surface area contributed by atoms with Gasteiger partial charge in [0.05, 0.1) is 0 Å². The van der Waals surface area contributed by atoms with Crippen LogP contribution >= 0.6 is 0 Å². The van der Waals surface area contributed by atoms with Crippen LogP contribution in [0.25, 0.3) is 0 Å². The Morgan fingerprint density at radius 2 is 1.78 bits per heavy atom. The first kappa shape index (κ1) is 15.6. The first-order chi connectivity index (χ1) is 11.4. The number of aromatic nitrogens is 1. The Balaban J connectivity index is 1.32. The minimum Gasteiger partial charge on any atom is -0.317 e. The van der Waals surface area contributed by atoms with Gasteiger partial charge < -0.3 is 10.2 Å². The van der Waals surface area contributed by atoms with E-state index in [1.165, 1.54) is 101 Å². The lowest BCUT2D eigenvalue weighted by Gasteiger charge is -2.35. The fourth-order valence-electron chi connectivity index (χ4n) is 4.67. The Hall–Kier alpha value is -0.930. The summed E-state index contributed by atoms with van der Waals surface area (Å²) in [6, 6.07) is 4.70. The highest BCUT2D eigenvalue weighted by atomic mass is 15.1. The van der Waals surface area contributed by atoms with Gasteiger partial charge in [0.25, 0.3) is 0 Å². The Morgan fingerprint density at radius 3 is 2.61 bits per heavy atom. The number of rotatable bonds is 3. The summed E-state index contributed by atoms with van der Waals surface area (Å²) in [6.45, 7) is 6.31. The highest BCUT2D eigenvalue weighted by Crippen LogP contribution is 2.30. The van der Waals surface area contributed by atoms with Gasteiger partial charge >= 0.3 is 0 Å². The maximum Gasteiger partial charge on any atom is 0.0439 e. The lowest BCUT2D eigenvalue weighted by Crippen LogP contribution is -2.40. The molecule has 0 bridgehead atoms. The molecule has 2 fully saturated rings. The molecule has 0 unspecified atom stereocenters. The number of hydrogen-bond donors (Lipinski definition) is 1. The van der Waals surface area contributed by atoms with E-state index in [4.69, 9.17) is 4.98 Å². The van der Waals surface area contributed by atoms with E-state index in [-0.39, 0.29) is 0 Å². The molecule has 1 aromatic heterocycles. The van der Waals surface area contributed by atoms with Gasteiger partial charge in [0.2, 0.25) is 0 Å². The van der Waals surface area contributed by atoms with E-state index in [1.807, 2.05) is 0 Å². The zero-order valence-electron chi connectivity index (χ0n) is 14.4. The summed E-state index contributed by atoms with van der Waals surface area (Å²) < 4.78 is 0. The zero-order valence-corrected chi connectivity index (χ0v) is 14.4. The molecule has 0 radical (unpaired) electrons. The van der Waals surface area contributed by atoms with Gasteiger partial charge in [-0.25, -0.2) is 0 Å². The molecule has 3 heteroatoms. The molecule has 3 nitrogen and oxygen atoms in total. The maximum atomic E-state index is 5.05. The number of likely N-dealkylation sites (tertiary alicyclic amines) is 1. The summed E-state index contributed by atoms with van der Waals surface area (Å²) in [4.78, 5) is 7.76. The van der Waals surface area contributed by atoms with E-state index in [0.29, 0.717) is 5.92 Å². The molecule has 1 aliphatic carbocycles. The smallest absolute Gasteiger partial charge is 0.0439 e. The average Bonchev–Trinajstić information content (AvgIpc) is 2.63. The highest BCUT2D eigenvalue weighted by Gasteiger charge is 2.25. The van der Waals surface area contributed by atoms with Crippen molar-refractivity contribution in [2.75, 3.05) is 32.7 Å². The van der Waals surface area contributed by atoms with Crippen LogP contribution in [-0.2, 0) is 12.8 Å². The summed E-state index contributed by atoms with van der Waals surface area (Å²) in [5.74, 6) is 1.63. The van der Waals surface area contributed by atoms with E-state index in [1.54, 1.807) is 0 Å². The summed E-state index contributed by atoms with van der Waals surface area (Å²) in [5.41, 5.74) is 4.31. The van der Waals surface area contributed by atoms with Gasteiger partial charge in [-0.1, -0.05) is 6.07 Å². The minimum atomic E-state index is 0.700. The number of hydrogen-bond acceptors (Lipinski definition) is 3. The van der Waals surface area contributed by atoms with Crippen LogP contribution in [0.4, 0.5) is 0 Å². The Labute approximate surface area is 140 Å². The van der Waals surface area contributed by atoms with Crippen molar-refractivity contribution in [1.29, 1.82) is 0 Å². The van der Waals surface area contributed by atoms with Crippen LogP contribution in [0.15, 0.2) is 12.1 Å². The van der Waals surface area contributed by atoms with Crippen LogP contribution in [0.2, 0.25) is 0 Å². The normalized spacial score (nSPS) is 24.5. The lowest BCUT2D eigenvalue weighted by molar-refractivity contribution is 0.166. The first-order valence-electron chi connectivity index (χ1n) is 9.80. The van der Waals surface area contributed by atoms with Crippen LogP contribution in [0.1, 0.15) is 61.4 Å². The van der Waals surface area contributed by atoms with Crippen LogP contribution in [0.5, 0.6) is 0 Å². The zero-order chi connectivity index (χ0) is 15.5. The first-order valence-corrected chi connectivity index (χ1v) is 9.80. The largest absolute Gasteiger partial charge is 0.317 e. The van der Waals surface area contributed by atoms with Gasteiger partial charge in [-0.2, -0.15) is 0 Å². The van der Waals surface area contributed by atoms with E-state index in [9.17, 15) is 0 Å². The molecule has 0 spiro atoms. The highest BCUT2D eigenvalue weighted by molar-refractivity contribution is 5.27. The number of aryl methyl sites for hydroxylation is 2. The number of nitrogens with one attached hydrogen (secondary N) is 1. The van der Waals surface area contributed by atoms with Crippen molar-refractivity contribution in [2.24, 2.45) is 5.92 Å². The van der Waals surface area contributed by atoms with Crippen LogP contribution < -0.4 is 5.32 Å². The summed E-state index contributed by atoms with van der Waals surface area (Å²) >= 11 is 0. The molecule has 4 rings (SSSR count). The summed E-state index contributed by atoms with van der Waals surface area (Å²) in [5, 5.41) is 3.48. The summed E-state index contributed by atoms with van der Waals surface area (Å²) in [6.07, 6.45) is 10.5. The topological polar surface area (TPSA) is 28.2 Å². The fraction of sp³-hybridized carbons (Fsp3) is 0.750. The predicted octanol–water partition coefficient (Wildman–Crippen LogP) is 3.14. The van der Waals surface area contributed by atoms with Gasteiger partial charge in [0, 0.05) is 23.9 Å². The molecule has 0 atom stereocenters. The Bertz CT molecular complexity index is 514. The van der Waals surface area contributed by atoms with Gasteiger partial charge in [-0.15, -0.1) is 0 Å². The second kappa shape index (κ2) is 7.31. The third kappa shape index (κ3) is 3.77. The monoisotopic (exact) mass is 313 g/mol. The number of nitrogens with zero attached hydrogens (tertiary/aromatic N) is 2. The molecule has 1 N–H and O–H groups in total. The maximum absolute atomic E-state index is 5.05. The second-order valence-corrected chi connectivity index (χ2v) is 7.82. The van der Waals surface area contributed by atoms with Gasteiger partial charge in [0.15, 0.2) is 0 Å². The van der Waals surface area contributed by atoms with Crippen molar-refractivity contribution in [3.05, 3.63) is 29.1 Å². The molecule has 2 aliphatic heterocycles. The van der Waals surface area contributed by atoms with Crippen molar-refractivity contribution in [3.8, 4) is 0 Å². The molecule has 3 heterocycles. The molecule has 3 aliphatic rings. The third-order valence-corrected chi connectivity index (χ3v) is 6.18. The molecule has 0 aromatic carbocycles. The molecule has 0 amide bonds. The van der Waals surface area contributed by atoms with E-state index in [0.717, 1.165) is 5.92 Å². The van der Waals surface area contributed by atoms with Crippen molar-refractivity contribution in [1.82, 2.24) is 15.2 Å². The van der Waals surface area contributed by atoms with Crippen LogP contribution in [-0.4, -0.2) is 42.6 Å². The van der Waals surface area contributed by atoms with E-state index >= 15 is 0 Å². The molecular weight excluding hydrogens is 282 g/mol. The molecule has 23 heavy (non-hydrogen) atoms. The number of piperidine rings is 2. The van der Waals surface area contributed by atoms with Crippen LogP contribution in [0, 0.1) is 5.92 Å². The standard InChI is InChI=1S/C20H31N3/c1-2-4-19-17(3-1)5-6-20(22-19)18-9-13-23(14-10-18)15-16-7-11-21-12-8-16/h5-6,16,18,21H,1-4,7-15H2. The van der Waals surface area contributed by atoms with Crippen molar-refractivity contribution in [3.63, 3.8) is 0 Å². The predicted molar refractivity (Wildman–Crippen MR) is 94.9 cm³/mol. The van der Waals surface area contributed by atoms with Crippen molar-refractivity contribution in [2.45, 2.75) is 57.3 Å². The number of pyridine rings is 1. The molecule has 0 saturated carbocycles. The van der Waals surface area contributed by atoms with Crippen LogP contribution in [0.3, 0.4) is 0 Å². The number of fused-ring (bicyclic) bond motifs is 1. The van der Waals surface area contributed by atoms with E-state index in [2.05, 4.69) is 22.3 Å². The third-order valence-electron chi connectivity index (χ3n) is 6.18. The quantitative estimate of drug-likeness (QED) is 0.929. The molecule has 126 valence electrons.